The van der Waals surface area contributed by atoms with Crippen LogP contribution in [-0.4, -0.2) is 24.2 Å². The number of amides is 1. The molecule has 2 rings (SSSR count). The van der Waals surface area contributed by atoms with Gasteiger partial charge >= 0.3 is 5.97 Å². The number of ether oxygens (including phenoxy) is 1. The summed E-state index contributed by atoms with van der Waals surface area (Å²) in [7, 11) is 0. The van der Waals surface area contributed by atoms with Gasteiger partial charge in [0.1, 0.15) is 0 Å². The molecule has 0 bridgehead atoms. The zero-order valence-corrected chi connectivity index (χ0v) is 14.9. The lowest BCUT2D eigenvalue weighted by atomic mass is 10.2. The second kappa shape index (κ2) is 8.75. The van der Waals surface area contributed by atoms with E-state index in [9.17, 15) is 22.8 Å². The van der Waals surface area contributed by atoms with Crippen molar-refractivity contribution in [1.29, 1.82) is 0 Å². The number of benzene rings is 2. The molecule has 0 aromatic heterocycles. The van der Waals surface area contributed by atoms with Gasteiger partial charge < -0.3 is 10.1 Å². The van der Waals surface area contributed by atoms with Crippen LogP contribution in [0.4, 0.5) is 18.9 Å². The van der Waals surface area contributed by atoms with Crippen LogP contribution in [0, 0.1) is 31.3 Å². The zero-order chi connectivity index (χ0) is 19.3. The molecule has 138 valence electrons. The van der Waals surface area contributed by atoms with Gasteiger partial charge in [0.25, 0.3) is 5.91 Å². The van der Waals surface area contributed by atoms with Crippen LogP contribution in [0.25, 0.3) is 0 Å². The number of carbonyl (C=O) groups is 2. The molecular weight excluding hydrogens is 367 g/mol. The van der Waals surface area contributed by atoms with Crippen LogP contribution in [-0.2, 0) is 14.3 Å². The minimum absolute atomic E-state index is 0.00326. The topological polar surface area (TPSA) is 55.4 Å². The molecular formula is C18H16F3NO3S. The van der Waals surface area contributed by atoms with Crippen molar-refractivity contribution in [3.05, 3.63) is 58.9 Å². The van der Waals surface area contributed by atoms with E-state index in [0.29, 0.717) is 6.07 Å². The standard InChI is InChI=1S/C18H16F3NO3S/c1-10-3-6-14(11(2)7-10)26-9-16(24)25-8-15(23)22-13-5-4-12(19)17(20)18(13)21/h3-7H,8-9H2,1-2H3,(H,22,23). The average Bonchev–Trinajstić information content (AvgIpc) is 2.59. The fraction of sp³-hybridized carbons (Fsp3) is 0.222. The van der Waals surface area contributed by atoms with Crippen molar-refractivity contribution in [3.8, 4) is 0 Å². The van der Waals surface area contributed by atoms with Crippen LogP contribution < -0.4 is 5.32 Å². The molecule has 0 saturated carbocycles. The predicted octanol–water partition coefficient (Wildman–Crippen LogP) is 3.99. The van der Waals surface area contributed by atoms with E-state index in [1.54, 1.807) is 0 Å². The monoisotopic (exact) mass is 383 g/mol. The summed E-state index contributed by atoms with van der Waals surface area (Å²) in [6.45, 7) is 3.22. The smallest absolute Gasteiger partial charge is 0.316 e. The van der Waals surface area contributed by atoms with Gasteiger partial charge in [-0.05, 0) is 37.6 Å². The zero-order valence-electron chi connectivity index (χ0n) is 14.1. The summed E-state index contributed by atoms with van der Waals surface area (Å²) in [6.07, 6.45) is 0. The summed E-state index contributed by atoms with van der Waals surface area (Å²) in [4.78, 5) is 24.3. The van der Waals surface area contributed by atoms with E-state index >= 15 is 0 Å². The first-order chi connectivity index (χ1) is 12.3. The Morgan fingerprint density at radius 3 is 2.50 bits per heavy atom. The van der Waals surface area contributed by atoms with E-state index in [1.165, 1.54) is 11.8 Å². The third-order valence-electron chi connectivity index (χ3n) is 3.35. The number of thioether (sulfide) groups is 1. The Hall–Kier alpha value is -2.48. The molecule has 2 aromatic rings. The Balaban J connectivity index is 1.82. The molecule has 0 atom stereocenters. The highest BCUT2D eigenvalue weighted by atomic mass is 32.2. The van der Waals surface area contributed by atoms with Crippen molar-refractivity contribution in [3.63, 3.8) is 0 Å². The lowest BCUT2D eigenvalue weighted by Gasteiger charge is -2.09. The Bertz CT molecular complexity index is 843. The van der Waals surface area contributed by atoms with E-state index in [-0.39, 0.29) is 5.75 Å². The van der Waals surface area contributed by atoms with Gasteiger partial charge in [-0.25, -0.2) is 13.2 Å². The molecule has 0 heterocycles. The molecule has 0 radical (unpaired) electrons. The third kappa shape index (κ3) is 5.26. The second-order valence-corrected chi connectivity index (χ2v) is 6.51. The number of anilines is 1. The highest BCUT2D eigenvalue weighted by molar-refractivity contribution is 8.00. The lowest BCUT2D eigenvalue weighted by molar-refractivity contribution is -0.144. The van der Waals surface area contributed by atoms with Gasteiger partial charge in [-0.1, -0.05) is 17.7 Å². The second-order valence-electron chi connectivity index (χ2n) is 5.49. The molecule has 1 amide bonds. The number of aryl methyl sites for hydroxylation is 2. The maximum Gasteiger partial charge on any atom is 0.316 e. The number of hydrogen-bond donors (Lipinski definition) is 1. The third-order valence-corrected chi connectivity index (χ3v) is 4.50. The lowest BCUT2D eigenvalue weighted by Crippen LogP contribution is -2.22. The highest BCUT2D eigenvalue weighted by Gasteiger charge is 2.16. The van der Waals surface area contributed by atoms with Crippen LogP contribution in [0.1, 0.15) is 11.1 Å². The quantitative estimate of drug-likeness (QED) is 0.466. The van der Waals surface area contributed by atoms with Crippen molar-refractivity contribution in [2.75, 3.05) is 17.7 Å². The summed E-state index contributed by atoms with van der Waals surface area (Å²) < 4.78 is 44.2. The Morgan fingerprint density at radius 2 is 1.81 bits per heavy atom. The largest absolute Gasteiger partial charge is 0.455 e. The molecule has 4 nitrogen and oxygen atoms in total. The average molecular weight is 383 g/mol. The molecule has 0 saturated heterocycles. The number of rotatable bonds is 6. The molecule has 0 aliphatic rings. The number of carbonyl (C=O) groups excluding carboxylic acids is 2. The molecule has 0 aliphatic carbocycles. The van der Waals surface area contributed by atoms with Crippen LogP contribution in [0.2, 0.25) is 0 Å². The fourth-order valence-corrected chi connectivity index (χ4v) is 2.90. The molecule has 0 fully saturated rings. The maximum atomic E-state index is 13.5. The number of esters is 1. The first-order valence-corrected chi connectivity index (χ1v) is 8.55. The van der Waals surface area contributed by atoms with Crippen molar-refractivity contribution in [2.24, 2.45) is 0 Å². The Labute approximate surface area is 152 Å². The highest BCUT2D eigenvalue weighted by Crippen LogP contribution is 2.23. The van der Waals surface area contributed by atoms with E-state index in [2.05, 4.69) is 0 Å². The number of hydrogen-bond acceptors (Lipinski definition) is 4. The molecule has 2 aromatic carbocycles. The summed E-state index contributed by atoms with van der Waals surface area (Å²) in [6, 6.07) is 7.35. The molecule has 1 N–H and O–H groups in total. The molecule has 26 heavy (non-hydrogen) atoms. The van der Waals surface area contributed by atoms with Gasteiger partial charge in [0.2, 0.25) is 0 Å². The van der Waals surface area contributed by atoms with E-state index < -0.39 is 41.6 Å². The van der Waals surface area contributed by atoms with Crippen molar-refractivity contribution in [2.45, 2.75) is 18.7 Å². The SMILES string of the molecule is Cc1ccc(SCC(=O)OCC(=O)Nc2ccc(F)c(F)c2F)c(C)c1. The molecule has 0 aliphatic heterocycles. The van der Waals surface area contributed by atoms with Crippen LogP contribution in [0.15, 0.2) is 35.2 Å². The molecule has 8 heteroatoms. The van der Waals surface area contributed by atoms with Gasteiger partial charge in [-0.2, -0.15) is 0 Å². The summed E-state index contributed by atoms with van der Waals surface area (Å²) in [5.74, 6) is -6.07. The van der Waals surface area contributed by atoms with E-state index in [1.807, 2.05) is 37.4 Å². The minimum atomic E-state index is -1.69. The Kier molecular flexibility index (Phi) is 6.68. The fourth-order valence-electron chi connectivity index (χ4n) is 2.09. The van der Waals surface area contributed by atoms with Gasteiger partial charge in [0.15, 0.2) is 24.1 Å². The molecule has 0 spiro atoms. The summed E-state index contributed by atoms with van der Waals surface area (Å²) in [5.41, 5.74) is 1.60. The summed E-state index contributed by atoms with van der Waals surface area (Å²) in [5, 5.41) is 2.02. The van der Waals surface area contributed by atoms with Gasteiger partial charge in [-0.15, -0.1) is 11.8 Å². The van der Waals surface area contributed by atoms with Crippen LogP contribution in [0.5, 0.6) is 0 Å². The van der Waals surface area contributed by atoms with Crippen molar-refractivity contribution in [1.82, 2.24) is 0 Å². The van der Waals surface area contributed by atoms with E-state index in [4.69, 9.17) is 4.74 Å². The van der Waals surface area contributed by atoms with Gasteiger partial charge in [-0.3, -0.25) is 9.59 Å². The van der Waals surface area contributed by atoms with Crippen molar-refractivity contribution >= 4 is 29.3 Å². The minimum Gasteiger partial charge on any atom is -0.455 e. The maximum absolute atomic E-state index is 13.5. The van der Waals surface area contributed by atoms with Crippen LogP contribution >= 0.6 is 11.8 Å². The van der Waals surface area contributed by atoms with Gasteiger partial charge in [0.05, 0.1) is 11.4 Å². The van der Waals surface area contributed by atoms with Gasteiger partial charge in [0, 0.05) is 4.90 Å². The Morgan fingerprint density at radius 1 is 1.08 bits per heavy atom. The van der Waals surface area contributed by atoms with Crippen molar-refractivity contribution < 1.29 is 27.5 Å². The first-order valence-electron chi connectivity index (χ1n) is 7.57. The van der Waals surface area contributed by atoms with Crippen LogP contribution in [0.3, 0.4) is 0 Å². The normalized spacial score (nSPS) is 10.5. The number of halogens is 3. The van der Waals surface area contributed by atoms with E-state index in [0.717, 1.165) is 22.1 Å². The predicted molar refractivity (Wildman–Crippen MR) is 92.5 cm³/mol. The summed E-state index contributed by atoms with van der Waals surface area (Å²) >= 11 is 1.27. The first kappa shape index (κ1) is 19.8. The number of nitrogens with one attached hydrogen (secondary N) is 1. The molecule has 0 unspecified atom stereocenters.